The number of nitrogens with zero attached hydrogens (tertiary/aromatic N) is 2. The Labute approximate surface area is 269 Å². The minimum absolute atomic E-state index is 0.0103. The largest absolute Gasteiger partial charge is 0.497 e. The zero-order valence-electron chi connectivity index (χ0n) is 25.4. The van der Waals surface area contributed by atoms with Crippen molar-refractivity contribution in [1.29, 1.82) is 0 Å². The SMILES string of the molecule is CCNC(=O)[C@H](Cc1ccccc1)N(Cc1cccc(Cl)c1)C(=O)CN(c1ccccc1OC)S(=O)(=O)c1ccc(OC)cc1. The van der Waals surface area contributed by atoms with Gasteiger partial charge in [0.2, 0.25) is 11.8 Å². The lowest BCUT2D eigenvalue weighted by Crippen LogP contribution is -2.53. The third-order valence-corrected chi connectivity index (χ3v) is 9.15. The molecular weight excluding hydrogens is 614 g/mol. The second-order valence-corrected chi connectivity index (χ2v) is 12.4. The van der Waals surface area contributed by atoms with Gasteiger partial charge in [0.1, 0.15) is 24.1 Å². The molecule has 0 aromatic heterocycles. The van der Waals surface area contributed by atoms with Crippen LogP contribution >= 0.6 is 11.6 Å². The highest BCUT2D eigenvalue weighted by Crippen LogP contribution is 2.33. The van der Waals surface area contributed by atoms with Crippen LogP contribution in [0.4, 0.5) is 5.69 Å². The number of hydrogen-bond acceptors (Lipinski definition) is 6. The van der Waals surface area contributed by atoms with Crippen LogP contribution in [-0.4, -0.2) is 58.5 Å². The third kappa shape index (κ3) is 8.34. The highest BCUT2D eigenvalue weighted by molar-refractivity contribution is 7.92. The zero-order valence-corrected chi connectivity index (χ0v) is 26.9. The van der Waals surface area contributed by atoms with Crippen LogP contribution in [-0.2, 0) is 32.6 Å². The molecule has 4 aromatic rings. The van der Waals surface area contributed by atoms with Crippen LogP contribution in [0.1, 0.15) is 18.1 Å². The molecule has 0 bridgehead atoms. The van der Waals surface area contributed by atoms with E-state index in [4.69, 9.17) is 21.1 Å². The lowest BCUT2D eigenvalue weighted by molar-refractivity contribution is -0.140. The number of methoxy groups -OCH3 is 2. The molecule has 1 atom stereocenters. The number of rotatable bonds is 14. The van der Waals surface area contributed by atoms with Gasteiger partial charge in [-0.2, -0.15) is 0 Å². The van der Waals surface area contributed by atoms with Crippen molar-refractivity contribution in [3.8, 4) is 11.5 Å². The Hall–Kier alpha value is -4.54. The Balaban J connectivity index is 1.82. The van der Waals surface area contributed by atoms with Gasteiger partial charge in [-0.25, -0.2) is 8.42 Å². The number of likely N-dealkylation sites (N-methyl/N-ethyl adjacent to an activating group) is 1. The van der Waals surface area contributed by atoms with Crippen LogP contribution in [0.3, 0.4) is 0 Å². The van der Waals surface area contributed by atoms with Crippen LogP contribution in [0.15, 0.2) is 108 Å². The van der Waals surface area contributed by atoms with E-state index in [2.05, 4.69) is 5.32 Å². The number of sulfonamides is 1. The van der Waals surface area contributed by atoms with Crippen LogP contribution in [0, 0.1) is 0 Å². The maximum atomic E-state index is 14.5. The molecule has 0 aliphatic rings. The first-order valence-electron chi connectivity index (χ1n) is 14.3. The molecule has 45 heavy (non-hydrogen) atoms. The van der Waals surface area contributed by atoms with Crippen molar-refractivity contribution in [3.05, 3.63) is 119 Å². The number of benzene rings is 4. The fourth-order valence-electron chi connectivity index (χ4n) is 4.90. The summed E-state index contributed by atoms with van der Waals surface area (Å²) in [6.45, 7) is 1.55. The van der Waals surface area contributed by atoms with E-state index in [1.807, 2.05) is 30.3 Å². The highest BCUT2D eigenvalue weighted by Gasteiger charge is 2.35. The summed E-state index contributed by atoms with van der Waals surface area (Å²) in [4.78, 5) is 29.4. The third-order valence-electron chi connectivity index (χ3n) is 7.14. The van der Waals surface area contributed by atoms with Crippen LogP contribution in [0.5, 0.6) is 11.5 Å². The molecule has 11 heteroatoms. The maximum absolute atomic E-state index is 14.5. The van der Waals surface area contributed by atoms with Crippen LogP contribution in [0.2, 0.25) is 5.02 Å². The summed E-state index contributed by atoms with van der Waals surface area (Å²) in [5.41, 5.74) is 1.69. The standard InChI is InChI=1S/C34H36ClN3O6S/c1-4-36-34(40)31(22-25-11-6-5-7-12-25)37(23-26-13-10-14-27(35)21-26)33(39)24-38(30-15-8-9-16-32(30)44-3)45(41,42)29-19-17-28(43-2)18-20-29/h5-21,31H,4,22-24H2,1-3H3,(H,36,40)/t31-/m0/s1. The van der Waals surface area contributed by atoms with Gasteiger partial charge in [-0.3, -0.25) is 13.9 Å². The quantitative estimate of drug-likeness (QED) is 0.198. The van der Waals surface area contributed by atoms with Gasteiger partial charge in [0.15, 0.2) is 0 Å². The molecule has 0 unspecified atom stereocenters. The van der Waals surface area contributed by atoms with Gasteiger partial charge in [-0.1, -0.05) is 66.2 Å². The summed E-state index contributed by atoms with van der Waals surface area (Å²) in [5, 5.41) is 3.31. The van der Waals surface area contributed by atoms with E-state index >= 15 is 0 Å². The lowest BCUT2D eigenvalue weighted by Gasteiger charge is -2.34. The van der Waals surface area contributed by atoms with Crippen molar-refractivity contribution in [3.63, 3.8) is 0 Å². The number of carbonyl (C=O) groups excluding carboxylic acids is 2. The molecule has 4 aromatic carbocycles. The van der Waals surface area contributed by atoms with E-state index in [1.54, 1.807) is 55.5 Å². The predicted molar refractivity (Wildman–Crippen MR) is 175 cm³/mol. The van der Waals surface area contributed by atoms with Crippen molar-refractivity contribution in [2.75, 3.05) is 31.6 Å². The number of nitrogens with one attached hydrogen (secondary N) is 1. The second kappa shape index (κ2) is 15.5. The predicted octanol–water partition coefficient (Wildman–Crippen LogP) is 5.33. The van der Waals surface area contributed by atoms with E-state index in [9.17, 15) is 18.0 Å². The van der Waals surface area contributed by atoms with Gasteiger partial charge in [0, 0.05) is 24.5 Å². The van der Waals surface area contributed by atoms with E-state index in [0.29, 0.717) is 22.9 Å². The highest BCUT2D eigenvalue weighted by atomic mass is 35.5. The summed E-state index contributed by atoms with van der Waals surface area (Å²) < 4.78 is 40.2. The fraction of sp³-hybridized carbons (Fsp3) is 0.235. The van der Waals surface area contributed by atoms with Gasteiger partial charge >= 0.3 is 0 Å². The summed E-state index contributed by atoms with van der Waals surface area (Å²) in [7, 11) is -1.40. The summed E-state index contributed by atoms with van der Waals surface area (Å²) >= 11 is 6.28. The van der Waals surface area contributed by atoms with Gasteiger partial charge in [-0.05, 0) is 66.6 Å². The summed E-state index contributed by atoms with van der Waals surface area (Å²) in [5.74, 6) is -0.218. The van der Waals surface area contributed by atoms with Gasteiger partial charge in [-0.15, -0.1) is 0 Å². The molecule has 236 valence electrons. The van der Waals surface area contributed by atoms with Crippen molar-refractivity contribution in [2.45, 2.75) is 30.8 Å². The molecule has 0 fully saturated rings. The zero-order chi connectivity index (χ0) is 32.4. The van der Waals surface area contributed by atoms with Gasteiger partial charge < -0.3 is 19.7 Å². The van der Waals surface area contributed by atoms with E-state index < -0.39 is 28.5 Å². The molecule has 0 spiro atoms. The molecule has 0 aliphatic heterocycles. The van der Waals surface area contributed by atoms with Crippen molar-refractivity contribution in [1.82, 2.24) is 10.2 Å². The average Bonchev–Trinajstić information content (AvgIpc) is 3.05. The number of hydrogen-bond donors (Lipinski definition) is 1. The molecule has 0 aliphatic carbocycles. The Morgan fingerprint density at radius 3 is 2.16 bits per heavy atom. The molecular formula is C34H36ClN3O6S. The van der Waals surface area contributed by atoms with E-state index in [0.717, 1.165) is 9.87 Å². The smallest absolute Gasteiger partial charge is 0.264 e. The van der Waals surface area contributed by atoms with Crippen LogP contribution in [0.25, 0.3) is 0 Å². The normalized spacial score (nSPS) is 11.7. The number of anilines is 1. The van der Waals surface area contributed by atoms with E-state index in [-0.39, 0.29) is 35.2 Å². The van der Waals surface area contributed by atoms with E-state index in [1.165, 1.54) is 43.4 Å². The summed E-state index contributed by atoms with van der Waals surface area (Å²) in [6.07, 6.45) is 0.207. The topological polar surface area (TPSA) is 105 Å². The van der Waals surface area contributed by atoms with Crippen molar-refractivity contribution < 1.29 is 27.5 Å². The van der Waals surface area contributed by atoms with Crippen molar-refractivity contribution >= 4 is 39.1 Å². The molecule has 0 saturated carbocycles. The number of halogens is 1. The number of ether oxygens (including phenoxy) is 2. The summed E-state index contributed by atoms with van der Waals surface area (Å²) in [6, 6.07) is 27.8. The fourth-order valence-corrected chi connectivity index (χ4v) is 6.54. The van der Waals surface area contributed by atoms with Gasteiger partial charge in [0.05, 0.1) is 24.8 Å². The molecule has 2 amide bonds. The monoisotopic (exact) mass is 649 g/mol. The average molecular weight is 650 g/mol. The Morgan fingerprint density at radius 1 is 0.844 bits per heavy atom. The number of amides is 2. The molecule has 4 rings (SSSR count). The lowest BCUT2D eigenvalue weighted by atomic mass is 10.0. The molecule has 1 N–H and O–H groups in total. The first-order valence-corrected chi connectivity index (χ1v) is 16.1. The minimum atomic E-state index is -4.31. The van der Waals surface area contributed by atoms with Gasteiger partial charge in [0.25, 0.3) is 10.0 Å². The first-order chi connectivity index (χ1) is 21.7. The molecule has 0 saturated heterocycles. The Morgan fingerprint density at radius 2 is 1.51 bits per heavy atom. The number of para-hydroxylation sites is 2. The Bertz CT molecular complexity index is 1700. The van der Waals surface area contributed by atoms with Crippen molar-refractivity contribution in [2.24, 2.45) is 0 Å². The second-order valence-electron chi connectivity index (χ2n) is 10.1. The molecule has 0 radical (unpaired) electrons. The van der Waals surface area contributed by atoms with Crippen LogP contribution < -0.4 is 19.1 Å². The number of carbonyl (C=O) groups is 2. The minimum Gasteiger partial charge on any atom is -0.497 e. The first kappa shape index (κ1) is 33.4. The Kier molecular flexibility index (Phi) is 11.5. The maximum Gasteiger partial charge on any atom is 0.264 e. The molecule has 9 nitrogen and oxygen atoms in total. The molecule has 0 heterocycles.